The molecule has 0 unspecified atom stereocenters. The molecule has 0 bridgehead atoms. The number of anilines is 1. The van der Waals surface area contributed by atoms with Crippen molar-refractivity contribution in [2.24, 2.45) is 5.92 Å². The highest BCUT2D eigenvalue weighted by Gasteiger charge is 2.19. The Morgan fingerprint density at radius 1 is 1.40 bits per heavy atom. The van der Waals surface area contributed by atoms with Crippen molar-refractivity contribution in [2.75, 3.05) is 45.7 Å². The van der Waals surface area contributed by atoms with Gasteiger partial charge >= 0.3 is 5.97 Å². The smallest absolute Gasteiger partial charge is 0.358 e. The molecule has 20 heavy (non-hydrogen) atoms. The SMILES string of the molecule is COC(=O)c1cnc(N(C)CC2CCN(C)CC2)cn1. The fraction of sp³-hybridized carbons (Fsp3) is 0.643. The molecule has 0 amide bonds. The zero-order valence-electron chi connectivity index (χ0n) is 12.4. The average Bonchev–Trinajstić information content (AvgIpc) is 2.49. The summed E-state index contributed by atoms with van der Waals surface area (Å²) in [4.78, 5) is 24.1. The Morgan fingerprint density at radius 2 is 2.10 bits per heavy atom. The lowest BCUT2D eigenvalue weighted by Gasteiger charge is -2.31. The van der Waals surface area contributed by atoms with E-state index < -0.39 is 5.97 Å². The highest BCUT2D eigenvalue weighted by Crippen LogP contribution is 2.19. The lowest BCUT2D eigenvalue weighted by atomic mass is 9.97. The van der Waals surface area contributed by atoms with Crippen molar-refractivity contribution in [2.45, 2.75) is 12.8 Å². The fourth-order valence-electron chi connectivity index (χ4n) is 2.45. The number of ether oxygens (including phenoxy) is 1. The van der Waals surface area contributed by atoms with E-state index in [2.05, 4.69) is 31.6 Å². The van der Waals surface area contributed by atoms with Gasteiger partial charge in [-0.15, -0.1) is 0 Å². The number of methoxy groups -OCH3 is 1. The van der Waals surface area contributed by atoms with Crippen LogP contribution in [0, 0.1) is 5.92 Å². The highest BCUT2D eigenvalue weighted by atomic mass is 16.5. The minimum atomic E-state index is -0.456. The summed E-state index contributed by atoms with van der Waals surface area (Å²) in [5.74, 6) is 1.02. The number of rotatable bonds is 4. The summed E-state index contributed by atoms with van der Waals surface area (Å²) in [6, 6.07) is 0. The molecule has 1 aromatic heterocycles. The number of hydrogen-bond donors (Lipinski definition) is 0. The fourth-order valence-corrected chi connectivity index (χ4v) is 2.45. The van der Waals surface area contributed by atoms with Gasteiger partial charge in [0.2, 0.25) is 0 Å². The summed E-state index contributed by atoms with van der Waals surface area (Å²) in [5, 5.41) is 0. The van der Waals surface area contributed by atoms with Crippen LogP contribution in [-0.4, -0.2) is 61.7 Å². The molecule has 1 aliphatic heterocycles. The van der Waals surface area contributed by atoms with Gasteiger partial charge in [-0.3, -0.25) is 0 Å². The first-order valence-corrected chi connectivity index (χ1v) is 6.90. The maximum Gasteiger partial charge on any atom is 0.358 e. The van der Waals surface area contributed by atoms with Crippen LogP contribution in [0.1, 0.15) is 23.3 Å². The van der Waals surface area contributed by atoms with Gasteiger partial charge in [0.15, 0.2) is 5.69 Å². The molecule has 2 heterocycles. The number of nitrogens with zero attached hydrogens (tertiary/aromatic N) is 4. The minimum Gasteiger partial charge on any atom is -0.464 e. The van der Waals surface area contributed by atoms with E-state index in [4.69, 9.17) is 0 Å². The van der Waals surface area contributed by atoms with E-state index in [1.807, 2.05) is 7.05 Å². The predicted octanol–water partition coefficient (Wildman–Crippen LogP) is 1.04. The second kappa shape index (κ2) is 6.65. The number of esters is 1. The van der Waals surface area contributed by atoms with Crippen molar-refractivity contribution in [1.82, 2.24) is 14.9 Å². The van der Waals surface area contributed by atoms with Crippen molar-refractivity contribution in [1.29, 1.82) is 0 Å². The zero-order valence-corrected chi connectivity index (χ0v) is 12.4. The van der Waals surface area contributed by atoms with Gasteiger partial charge in [0.1, 0.15) is 5.82 Å². The summed E-state index contributed by atoms with van der Waals surface area (Å²) in [6.07, 6.45) is 5.52. The van der Waals surface area contributed by atoms with E-state index in [9.17, 15) is 4.79 Å². The van der Waals surface area contributed by atoms with Gasteiger partial charge in [0.05, 0.1) is 19.5 Å². The molecule has 0 N–H and O–H groups in total. The molecule has 0 saturated carbocycles. The summed E-state index contributed by atoms with van der Waals surface area (Å²) >= 11 is 0. The van der Waals surface area contributed by atoms with Crippen LogP contribution in [0.3, 0.4) is 0 Å². The molecular formula is C14H22N4O2. The number of aromatic nitrogens is 2. The van der Waals surface area contributed by atoms with Crippen LogP contribution in [0.4, 0.5) is 5.82 Å². The molecule has 1 aromatic rings. The van der Waals surface area contributed by atoms with Gasteiger partial charge < -0.3 is 14.5 Å². The van der Waals surface area contributed by atoms with Crippen LogP contribution in [0.2, 0.25) is 0 Å². The van der Waals surface area contributed by atoms with Gasteiger partial charge in [0.25, 0.3) is 0 Å². The number of piperidine rings is 1. The lowest BCUT2D eigenvalue weighted by molar-refractivity contribution is 0.0593. The van der Waals surface area contributed by atoms with Gasteiger partial charge in [-0.2, -0.15) is 0 Å². The van der Waals surface area contributed by atoms with Crippen LogP contribution in [-0.2, 0) is 4.74 Å². The maximum atomic E-state index is 11.3. The molecular weight excluding hydrogens is 256 g/mol. The maximum absolute atomic E-state index is 11.3. The van der Waals surface area contributed by atoms with Gasteiger partial charge in [-0.1, -0.05) is 0 Å². The van der Waals surface area contributed by atoms with Crippen LogP contribution in [0.25, 0.3) is 0 Å². The molecule has 0 spiro atoms. The largest absolute Gasteiger partial charge is 0.464 e. The van der Waals surface area contributed by atoms with Gasteiger partial charge in [-0.05, 0) is 38.9 Å². The van der Waals surface area contributed by atoms with Gasteiger partial charge in [0, 0.05) is 13.6 Å². The Kier molecular flexibility index (Phi) is 4.89. The van der Waals surface area contributed by atoms with E-state index in [1.165, 1.54) is 26.1 Å². The van der Waals surface area contributed by atoms with Crippen molar-refractivity contribution in [3.63, 3.8) is 0 Å². The first kappa shape index (κ1) is 14.7. The molecule has 2 rings (SSSR count). The molecule has 1 fully saturated rings. The third-order valence-corrected chi connectivity index (χ3v) is 3.79. The minimum absolute atomic E-state index is 0.240. The van der Waals surface area contributed by atoms with E-state index in [0.717, 1.165) is 25.5 Å². The average molecular weight is 278 g/mol. The molecule has 0 aliphatic carbocycles. The Labute approximate surface area is 119 Å². The molecule has 0 radical (unpaired) electrons. The van der Waals surface area contributed by atoms with Crippen molar-refractivity contribution >= 4 is 11.8 Å². The molecule has 6 heteroatoms. The second-order valence-electron chi connectivity index (χ2n) is 5.38. The Morgan fingerprint density at radius 3 is 2.65 bits per heavy atom. The van der Waals surface area contributed by atoms with Crippen LogP contribution >= 0.6 is 0 Å². The lowest BCUT2D eigenvalue weighted by Crippen LogP contribution is -2.36. The number of carbonyl (C=O) groups excluding carboxylic acids is 1. The summed E-state index contributed by atoms with van der Waals surface area (Å²) in [6.45, 7) is 3.29. The van der Waals surface area contributed by atoms with Crippen molar-refractivity contribution in [3.8, 4) is 0 Å². The third kappa shape index (κ3) is 3.66. The van der Waals surface area contributed by atoms with Crippen LogP contribution in [0.5, 0.6) is 0 Å². The normalized spacial score (nSPS) is 16.9. The molecule has 0 aromatic carbocycles. The van der Waals surface area contributed by atoms with E-state index in [-0.39, 0.29) is 5.69 Å². The highest BCUT2D eigenvalue weighted by molar-refractivity contribution is 5.86. The van der Waals surface area contributed by atoms with E-state index in [0.29, 0.717) is 5.92 Å². The number of hydrogen-bond acceptors (Lipinski definition) is 6. The van der Waals surface area contributed by atoms with E-state index >= 15 is 0 Å². The predicted molar refractivity (Wildman–Crippen MR) is 76.9 cm³/mol. The summed E-state index contributed by atoms with van der Waals surface area (Å²) in [7, 11) is 5.52. The summed E-state index contributed by atoms with van der Waals surface area (Å²) in [5.41, 5.74) is 0.240. The Balaban J connectivity index is 1.92. The van der Waals surface area contributed by atoms with Crippen LogP contribution in [0.15, 0.2) is 12.4 Å². The first-order valence-electron chi connectivity index (χ1n) is 6.90. The Hall–Kier alpha value is -1.69. The molecule has 6 nitrogen and oxygen atoms in total. The Bertz CT molecular complexity index is 441. The molecule has 110 valence electrons. The standard InChI is InChI=1S/C14H22N4O2/c1-17-6-4-11(5-7-17)10-18(2)13-9-15-12(8-16-13)14(19)20-3/h8-9,11H,4-7,10H2,1-3H3. The second-order valence-corrected chi connectivity index (χ2v) is 5.38. The van der Waals surface area contributed by atoms with Gasteiger partial charge in [-0.25, -0.2) is 14.8 Å². The third-order valence-electron chi connectivity index (χ3n) is 3.79. The molecule has 1 aliphatic rings. The summed E-state index contributed by atoms with van der Waals surface area (Å²) < 4.78 is 4.61. The van der Waals surface area contributed by atoms with Crippen molar-refractivity contribution < 1.29 is 9.53 Å². The first-order chi connectivity index (χ1) is 9.60. The van der Waals surface area contributed by atoms with Crippen LogP contribution < -0.4 is 4.90 Å². The molecule has 0 atom stereocenters. The monoisotopic (exact) mass is 278 g/mol. The molecule has 1 saturated heterocycles. The number of carbonyl (C=O) groups is 1. The van der Waals surface area contributed by atoms with Crippen molar-refractivity contribution in [3.05, 3.63) is 18.1 Å². The zero-order chi connectivity index (χ0) is 14.5. The number of likely N-dealkylation sites (tertiary alicyclic amines) is 1. The quantitative estimate of drug-likeness (QED) is 0.767. The topological polar surface area (TPSA) is 58.6 Å². The van der Waals surface area contributed by atoms with E-state index in [1.54, 1.807) is 6.20 Å².